The fourth-order valence-corrected chi connectivity index (χ4v) is 5.88. The number of para-hydroxylation sites is 2. The lowest BCUT2D eigenvalue weighted by molar-refractivity contribution is -0.127. The minimum Gasteiger partial charge on any atom is -0.476 e. The Morgan fingerprint density at radius 3 is 2.56 bits per heavy atom. The molecule has 34 heavy (non-hydrogen) atoms. The number of amides is 1. The standard InChI is InChI=1S/C25H25FN2O4S2/c1-18-10-12-20(13-11-18)34(30,31)28-16-24(32-23-9-5-4-8-22(23)28)25(29)27-14-15-33-17-19-6-2-3-7-21(19)26/h2-13,24H,14-17H2,1H3,(H,27,29). The highest BCUT2D eigenvalue weighted by Crippen LogP contribution is 2.36. The average Bonchev–Trinajstić information content (AvgIpc) is 2.84. The van der Waals surface area contributed by atoms with Gasteiger partial charge < -0.3 is 10.1 Å². The summed E-state index contributed by atoms with van der Waals surface area (Å²) in [4.78, 5) is 13.0. The van der Waals surface area contributed by atoms with Crippen LogP contribution in [-0.4, -0.2) is 39.3 Å². The molecule has 0 bridgehead atoms. The number of sulfonamides is 1. The van der Waals surface area contributed by atoms with E-state index in [0.717, 1.165) is 5.56 Å². The minimum atomic E-state index is -3.89. The number of fused-ring (bicyclic) bond motifs is 1. The number of thioether (sulfide) groups is 1. The fraction of sp³-hybridized carbons (Fsp3) is 0.240. The van der Waals surface area contributed by atoms with Gasteiger partial charge in [-0.2, -0.15) is 11.8 Å². The number of benzene rings is 3. The van der Waals surface area contributed by atoms with Gasteiger partial charge in [0.05, 0.1) is 17.1 Å². The molecule has 0 fully saturated rings. The molecule has 0 aromatic heterocycles. The second kappa shape index (κ2) is 10.5. The Hall–Kier alpha value is -3.04. The molecule has 1 atom stereocenters. The zero-order chi connectivity index (χ0) is 24.1. The number of carbonyl (C=O) groups excluding carboxylic acids is 1. The van der Waals surface area contributed by atoms with Gasteiger partial charge in [-0.05, 0) is 42.8 Å². The summed E-state index contributed by atoms with van der Waals surface area (Å²) in [5.74, 6) is 0.763. The van der Waals surface area contributed by atoms with Gasteiger partial charge in [-0.1, -0.05) is 48.0 Å². The molecule has 178 valence electrons. The van der Waals surface area contributed by atoms with E-state index in [1.807, 2.05) is 6.92 Å². The van der Waals surface area contributed by atoms with Crippen LogP contribution < -0.4 is 14.4 Å². The minimum absolute atomic E-state index is 0.137. The van der Waals surface area contributed by atoms with Crippen molar-refractivity contribution in [2.24, 2.45) is 0 Å². The van der Waals surface area contributed by atoms with Crippen molar-refractivity contribution in [3.8, 4) is 5.75 Å². The molecule has 3 aromatic carbocycles. The number of halogens is 1. The fourth-order valence-electron chi connectivity index (χ4n) is 3.56. The zero-order valence-corrected chi connectivity index (χ0v) is 20.2. The van der Waals surface area contributed by atoms with Gasteiger partial charge in [-0.15, -0.1) is 0 Å². The summed E-state index contributed by atoms with van der Waals surface area (Å²) < 4.78 is 47.6. The van der Waals surface area contributed by atoms with Crippen molar-refractivity contribution in [3.05, 3.63) is 89.7 Å². The van der Waals surface area contributed by atoms with Crippen molar-refractivity contribution in [1.29, 1.82) is 0 Å². The van der Waals surface area contributed by atoms with E-state index in [-0.39, 0.29) is 17.3 Å². The van der Waals surface area contributed by atoms with E-state index < -0.39 is 22.0 Å². The first-order valence-corrected chi connectivity index (χ1v) is 13.4. The number of hydrogen-bond acceptors (Lipinski definition) is 5. The number of aryl methyl sites for hydroxylation is 1. The summed E-state index contributed by atoms with van der Waals surface area (Å²) >= 11 is 1.50. The summed E-state index contributed by atoms with van der Waals surface area (Å²) in [6, 6.07) is 20.0. The maximum absolute atomic E-state index is 13.7. The van der Waals surface area contributed by atoms with Crippen molar-refractivity contribution in [2.75, 3.05) is 23.1 Å². The first kappa shape index (κ1) is 24.1. The van der Waals surface area contributed by atoms with Gasteiger partial charge in [0, 0.05) is 18.1 Å². The van der Waals surface area contributed by atoms with Crippen LogP contribution in [0, 0.1) is 12.7 Å². The number of rotatable bonds is 8. The van der Waals surface area contributed by atoms with Gasteiger partial charge in [0.15, 0.2) is 6.10 Å². The lowest BCUT2D eigenvalue weighted by Crippen LogP contribution is -2.51. The van der Waals surface area contributed by atoms with Crippen LogP contribution in [0.1, 0.15) is 11.1 Å². The van der Waals surface area contributed by atoms with Crippen LogP contribution in [-0.2, 0) is 20.6 Å². The quantitative estimate of drug-likeness (QED) is 0.471. The van der Waals surface area contributed by atoms with Gasteiger partial charge in [0.25, 0.3) is 15.9 Å². The van der Waals surface area contributed by atoms with Gasteiger partial charge in [-0.25, -0.2) is 12.8 Å². The van der Waals surface area contributed by atoms with Crippen molar-refractivity contribution >= 4 is 33.4 Å². The Kier molecular flexibility index (Phi) is 7.43. The molecule has 1 heterocycles. The van der Waals surface area contributed by atoms with E-state index in [2.05, 4.69) is 5.32 Å². The molecule has 0 saturated carbocycles. The number of nitrogens with one attached hydrogen (secondary N) is 1. The summed E-state index contributed by atoms with van der Waals surface area (Å²) in [6.07, 6.45) is -0.994. The molecule has 1 aliphatic rings. The van der Waals surface area contributed by atoms with E-state index in [1.165, 1.54) is 22.1 Å². The molecular formula is C25H25FN2O4S2. The molecule has 0 spiro atoms. The number of hydrogen-bond donors (Lipinski definition) is 1. The SMILES string of the molecule is Cc1ccc(S(=O)(=O)N2CC(C(=O)NCCSCc3ccccc3F)Oc3ccccc32)cc1. The molecule has 1 amide bonds. The Bertz CT molecular complexity index is 1270. The Balaban J connectivity index is 1.41. The van der Waals surface area contributed by atoms with Gasteiger partial charge in [0.1, 0.15) is 11.6 Å². The van der Waals surface area contributed by atoms with Gasteiger partial charge >= 0.3 is 0 Å². The molecule has 0 radical (unpaired) electrons. The predicted octanol–water partition coefficient (Wildman–Crippen LogP) is 4.14. The van der Waals surface area contributed by atoms with Crippen LogP contribution in [0.3, 0.4) is 0 Å². The number of carbonyl (C=O) groups is 1. The van der Waals surface area contributed by atoms with Gasteiger partial charge in [0.2, 0.25) is 0 Å². The van der Waals surface area contributed by atoms with Crippen molar-refractivity contribution in [3.63, 3.8) is 0 Å². The molecule has 1 unspecified atom stereocenters. The highest BCUT2D eigenvalue weighted by atomic mass is 32.2. The molecule has 0 aliphatic carbocycles. The van der Waals surface area contributed by atoms with Crippen LogP contribution in [0.2, 0.25) is 0 Å². The second-order valence-corrected chi connectivity index (χ2v) is 10.8. The molecule has 1 aliphatic heterocycles. The molecule has 4 rings (SSSR count). The van der Waals surface area contributed by atoms with Crippen LogP contribution in [0.15, 0.2) is 77.7 Å². The van der Waals surface area contributed by atoms with E-state index in [9.17, 15) is 17.6 Å². The average molecular weight is 501 g/mol. The molecule has 6 nitrogen and oxygen atoms in total. The maximum Gasteiger partial charge on any atom is 0.264 e. The summed E-state index contributed by atoms with van der Waals surface area (Å²) in [6.45, 7) is 2.10. The summed E-state index contributed by atoms with van der Waals surface area (Å²) in [7, 11) is -3.89. The monoisotopic (exact) mass is 500 g/mol. The second-order valence-electron chi connectivity index (χ2n) is 7.86. The lowest BCUT2D eigenvalue weighted by Gasteiger charge is -2.34. The van der Waals surface area contributed by atoms with E-state index >= 15 is 0 Å². The molecule has 3 aromatic rings. The first-order chi connectivity index (χ1) is 16.4. The van der Waals surface area contributed by atoms with Crippen LogP contribution in [0.4, 0.5) is 10.1 Å². The number of ether oxygens (including phenoxy) is 1. The third-order valence-electron chi connectivity index (χ3n) is 5.40. The molecule has 1 N–H and O–H groups in total. The normalized spacial score (nSPS) is 15.4. The highest BCUT2D eigenvalue weighted by molar-refractivity contribution is 7.98. The van der Waals surface area contributed by atoms with E-state index in [4.69, 9.17) is 4.74 Å². The van der Waals surface area contributed by atoms with E-state index in [1.54, 1.807) is 66.7 Å². The van der Waals surface area contributed by atoms with Crippen LogP contribution in [0.5, 0.6) is 5.75 Å². The molecule has 9 heteroatoms. The van der Waals surface area contributed by atoms with Crippen molar-refractivity contribution < 1.29 is 22.3 Å². The van der Waals surface area contributed by atoms with Crippen molar-refractivity contribution in [2.45, 2.75) is 23.7 Å². The smallest absolute Gasteiger partial charge is 0.264 e. The van der Waals surface area contributed by atoms with Gasteiger partial charge in [-0.3, -0.25) is 9.10 Å². The Morgan fingerprint density at radius 1 is 1.09 bits per heavy atom. The zero-order valence-electron chi connectivity index (χ0n) is 18.6. The largest absolute Gasteiger partial charge is 0.476 e. The number of anilines is 1. The molecular weight excluding hydrogens is 475 g/mol. The molecule has 0 saturated heterocycles. The highest BCUT2D eigenvalue weighted by Gasteiger charge is 2.37. The Morgan fingerprint density at radius 2 is 1.79 bits per heavy atom. The lowest BCUT2D eigenvalue weighted by atomic mass is 10.2. The Labute approximate surface area is 203 Å². The van der Waals surface area contributed by atoms with Crippen LogP contribution >= 0.6 is 11.8 Å². The third kappa shape index (κ3) is 5.37. The van der Waals surface area contributed by atoms with Crippen LogP contribution in [0.25, 0.3) is 0 Å². The van der Waals surface area contributed by atoms with E-state index in [0.29, 0.717) is 35.1 Å². The summed E-state index contributed by atoms with van der Waals surface area (Å²) in [5.41, 5.74) is 1.96. The maximum atomic E-state index is 13.7. The summed E-state index contributed by atoms with van der Waals surface area (Å²) in [5, 5.41) is 2.80. The third-order valence-corrected chi connectivity index (χ3v) is 8.20. The topological polar surface area (TPSA) is 75.7 Å². The first-order valence-electron chi connectivity index (χ1n) is 10.8. The predicted molar refractivity (Wildman–Crippen MR) is 132 cm³/mol. The number of nitrogens with zero attached hydrogens (tertiary/aromatic N) is 1. The van der Waals surface area contributed by atoms with Crippen molar-refractivity contribution in [1.82, 2.24) is 5.32 Å².